The highest BCUT2D eigenvalue weighted by atomic mass is 31.2. The lowest BCUT2D eigenvalue weighted by atomic mass is 10.2. The first-order valence-electron chi connectivity index (χ1n) is 3.23. The number of phosphoric ester groups is 1. The van der Waals surface area contributed by atoms with Crippen LogP contribution in [0.3, 0.4) is 0 Å². The molecule has 1 aromatic carbocycles. The molecule has 0 radical (unpaired) electrons. The van der Waals surface area contributed by atoms with E-state index in [0.29, 0.717) is 5.56 Å². The van der Waals surface area contributed by atoms with Gasteiger partial charge in [0.2, 0.25) is 0 Å². The predicted octanol–water partition coefficient (Wildman–Crippen LogP) is -0.234. The van der Waals surface area contributed by atoms with Crippen molar-refractivity contribution in [3.63, 3.8) is 0 Å². The largest absolute Gasteiger partial charge is 0.780 e. The van der Waals surface area contributed by atoms with E-state index in [1.165, 1.54) is 24.3 Å². The van der Waals surface area contributed by atoms with E-state index in [9.17, 15) is 14.4 Å². The first kappa shape index (κ1) is 9.75. The molecule has 5 nitrogen and oxygen atoms in total. The van der Waals surface area contributed by atoms with E-state index in [1.54, 1.807) is 0 Å². The van der Waals surface area contributed by atoms with Gasteiger partial charge in [-0.25, -0.2) is 0 Å². The molecule has 0 saturated heterocycles. The zero-order valence-corrected chi connectivity index (χ0v) is 7.23. The number of nitriles is 1. The molecule has 0 atom stereocenters. The molecular weight excluding hydrogens is 193 g/mol. The third-order valence-electron chi connectivity index (χ3n) is 1.20. The summed E-state index contributed by atoms with van der Waals surface area (Å²) in [6.07, 6.45) is 0. The zero-order valence-electron chi connectivity index (χ0n) is 6.34. The first-order chi connectivity index (χ1) is 6.01. The van der Waals surface area contributed by atoms with Crippen molar-refractivity contribution in [3.8, 4) is 11.8 Å². The molecule has 0 aromatic heterocycles. The molecule has 0 unspecified atom stereocenters. The minimum absolute atomic E-state index is 0.0904. The van der Waals surface area contributed by atoms with E-state index in [4.69, 9.17) is 5.26 Å². The molecule has 68 valence electrons. The van der Waals surface area contributed by atoms with Gasteiger partial charge in [-0.1, -0.05) is 0 Å². The number of nitrogens with zero attached hydrogens (tertiary/aromatic N) is 1. The summed E-state index contributed by atoms with van der Waals surface area (Å²) < 4.78 is 14.2. The molecule has 0 saturated carbocycles. The Bertz CT molecular complexity index is 374. The van der Waals surface area contributed by atoms with Gasteiger partial charge < -0.3 is 18.9 Å². The van der Waals surface area contributed by atoms with Gasteiger partial charge in [-0.05, 0) is 24.3 Å². The molecule has 0 bridgehead atoms. The quantitative estimate of drug-likeness (QED) is 0.609. The minimum atomic E-state index is -4.99. The van der Waals surface area contributed by atoms with Gasteiger partial charge in [-0.15, -0.1) is 0 Å². The van der Waals surface area contributed by atoms with Crippen LogP contribution in [0.5, 0.6) is 5.75 Å². The minimum Gasteiger partial charge on any atom is -0.780 e. The molecule has 0 amide bonds. The van der Waals surface area contributed by atoms with Gasteiger partial charge in [0.15, 0.2) is 0 Å². The van der Waals surface area contributed by atoms with Crippen LogP contribution in [-0.2, 0) is 4.57 Å². The molecule has 1 rings (SSSR count). The highest BCUT2D eigenvalue weighted by Gasteiger charge is 1.96. The standard InChI is InChI=1S/C7H6NO4P/c8-5-6-1-3-7(4-2-6)12-13(9,10)11/h1-4H,(H2,9,10,11)/p-2. The van der Waals surface area contributed by atoms with Crippen molar-refractivity contribution < 1.29 is 18.9 Å². The van der Waals surface area contributed by atoms with Crippen molar-refractivity contribution >= 4 is 7.82 Å². The Hall–Kier alpha value is -1.34. The van der Waals surface area contributed by atoms with Crippen LogP contribution in [0.4, 0.5) is 0 Å². The van der Waals surface area contributed by atoms with Crippen LogP contribution >= 0.6 is 7.82 Å². The van der Waals surface area contributed by atoms with Crippen LogP contribution in [-0.4, -0.2) is 0 Å². The van der Waals surface area contributed by atoms with E-state index < -0.39 is 7.82 Å². The molecule has 0 N–H and O–H groups in total. The molecule has 6 heteroatoms. The van der Waals surface area contributed by atoms with Crippen LogP contribution in [0, 0.1) is 11.3 Å². The number of hydrogen-bond donors (Lipinski definition) is 0. The summed E-state index contributed by atoms with van der Waals surface area (Å²) in [5.74, 6) is -0.0904. The number of phosphoric acid groups is 1. The topological polar surface area (TPSA) is 96.2 Å². The van der Waals surface area contributed by atoms with E-state index >= 15 is 0 Å². The second kappa shape index (κ2) is 3.58. The maximum atomic E-state index is 10.1. The Morgan fingerprint density at radius 2 is 1.85 bits per heavy atom. The summed E-state index contributed by atoms with van der Waals surface area (Å²) in [5, 5.41) is 8.39. The van der Waals surface area contributed by atoms with Crippen LogP contribution in [0.15, 0.2) is 24.3 Å². The second-order valence-corrected chi connectivity index (χ2v) is 3.25. The SMILES string of the molecule is N#Cc1ccc(OP(=O)([O-])[O-])cc1. The summed E-state index contributed by atoms with van der Waals surface area (Å²) >= 11 is 0. The van der Waals surface area contributed by atoms with Crippen LogP contribution in [0.2, 0.25) is 0 Å². The lowest BCUT2D eigenvalue weighted by molar-refractivity contribution is -0.333. The van der Waals surface area contributed by atoms with Gasteiger partial charge in [0, 0.05) is 0 Å². The Kier molecular flexibility index (Phi) is 2.69. The number of hydrogen-bond acceptors (Lipinski definition) is 5. The van der Waals surface area contributed by atoms with Crippen molar-refractivity contribution in [1.82, 2.24) is 0 Å². The molecule has 0 spiro atoms. The summed E-state index contributed by atoms with van der Waals surface area (Å²) in [4.78, 5) is 20.3. The molecule has 0 aliphatic carbocycles. The number of rotatable bonds is 2. The van der Waals surface area contributed by atoms with Crippen molar-refractivity contribution in [2.45, 2.75) is 0 Å². The van der Waals surface area contributed by atoms with Crippen molar-refractivity contribution in [1.29, 1.82) is 5.26 Å². The molecule has 1 aromatic rings. The fraction of sp³-hybridized carbons (Fsp3) is 0. The third kappa shape index (κ3) is 3.26. The Labute approximate surface area is 74.4 Å². The molecule has 0 aliphatic rings. The lowest BCUT2D eigenvalue weighted by Gasteiger charge is -2.28. The van der Waals surface area contributed by atoms with E-state index in [-0.39, 0.29) is 5.75 Å². The summed E-state index contributed by atoms with van der Waals surface area (Å²) in [7, 11) is -4.99. The molecule has 0 heterocycles. The van der Waals surface area contributed by atoms with E-state index in [2.05, 4.69) is 4.52 Å². The van der Waals surface area contributed by atoms with Gasteiger partial charge in [-0.2, -0.15) is 5.26 Å². The Morgan fingerprint density at radius 3 is 2.23 bits per heavy atom. The van der Waals surface area contributed by atoms with Crippen molar-refractivity contribution in [3.05, 3.63) is 29.8 Å². The molecule has 0 fully saturated rings. The maximum absolute atomic E-state index is 10.1. The fourth-order valence-corrected chi connectivity index (χ4v) is 1.10. The smallest absolute Gasteiger partial charge is 0.124 e. The summed E-state index contributed by atoms with van der Waals surface area (Å²) in [6.45, 7) is 0. The first-order valence-corrected chi connectivity index (χ1v) is 4.69. The molecule has 13 heavy (non-hydrogen) atoms. The van der Waals surface area contributed by atoms with Gasteiger partial charge >= 0.3 is 0 Å². The van der Waals surface area contributed by atoms with Gasteiger partial charge in [0.1, 0.15) is 13.6 Å². The van der Waals surface area contributed by atoms with Gasteiger partial charge in [0.05, 0.1) is 11.6 Å². The van der Waals surface area contributed by atoms with Crippen LogP contribution < -0.4 is 14.3 Å². The highest BCUT2D eigenvalue weighted by molar-refractivity contribution is 7.43. The Balaban J connectivity index is 2.83. The van der Waals surface area contributed by atoms with Gasteiger partial charge in [0.25, 0.3) is 0 Å². The average molecular weight is 197 g/mol. The van der Waals surface area contributed by atoms with E-state index in [0.717, 1.165) is 0 Å². The molecule has 0 aliphatic heterocycles. The van der Waals surface area contributed by atoms with Crippen LogP contribution in [0.1, 0.15) is 5.56 Å². The van der Waals surface area contributed by atoms with Crippen molar-refractivity contribution in [2.24, 2.45) is 0 Å². The lowest BCUT2D eigenvalue weighted by Crippen LogP contribution is -2.18. The monoisotopic (exact) mass is 197 g/mol. The van der Waals surface area contributed by atoms with Crippen molar-refractivity contribution in [2.75, 3.05) is 0 Å². The number of benzene rings is 1. The fourth-order valence-electron chi connectivity index (χ4n) is 0.719. The predicted molar refractivity (Wildman–Crippen MR) is 39.4 cm³/mol. The van der Waals surface area contributed by atoms with E-state index in [1.807, 2.05) is 6.07 Å². The van der Waals surface area contributed by atoms with Gasteiger partial charge in [-0.3, -0.25) is 0 Å². The summed E-state index contributed by atoms with van der Waals surface area (Å²) in [5.41, 5.74) is 0.360. The van der Waals surface area contributed by atoms with Crippen LogP contribution in [0.25, 0.3) is 0 Å². The highest BCUT2D eigenvalue weighted by Crippen LogP contribution is 2.28. The second-order valence-electron chi connectivity index (χ2n) is 2.17. The maximum Gasteiger partial charge on any atom is 0.124 e. The Morgan fingerprint density at radius 1 is 1.31 bits per heavy atom. The molecular formula is C7H4NO4P-2. The average Bonchev–Trinajstić information content (AvgIpc) is 2.03. The normalized spacial score (nSPS) is 10.5. The third-order valence-corrected chi connectivity index (χ3v) is 1.64. The summed E-state index contributed by atoms with van der Waals surface area (Å²) in [6, 6.07) is 7.01. The zero-order chi connectivity index (χ0) is 9.90.